The van der Waals surface area contributed by atoms with Crippen LogP contribution in [0.5, 0.6) is 0 Å². The van der Waals surface area contributed by atoms with Gasteiger partial charge in [0, 0.05) is 0 Å². The Labute approximate surface area is 111 Å². The van der Waals surface area contributed by atoms with Crippen LogP contribution in [0, 0.1) is 3.70 Å². The number of imidazole rings is 1. The van der Waals surface area contributed by atoms with E-state index in [1.807, 2.05) is 24.3 Å². The van der Waals surface area contributed by atoms with Crippen molar-refractivity contribution in [3.63, 3.8) is 0 Å². The van der Waals surface area contributed by atoms with Gasteiger partial charge in [0.25, 0.3) is 0 Å². The minimum absolute atomic E-state index is 0.622. The quantitative estimate of drug-likeness (QED) is 0.745. The van der Waals surface area contributed by atoms with E-state index in [-0.39, 0.29) is 0 Å². The van der Waals surface area contributed by atoms with Crippen LogP contribution in [0.15, 0.2) is 41.1 Å². The first-order valence-electron chi connectivity index (χ1n) is 5.09. The lowest BCUT2D eigenvalue weighted by Crippen LogP contribution is -2.04. The molecule has 0 unspecified atom stereocenters. The highest BCUT2D eigenvalue weighted by atomic mass is 127. The van der Waals surface area contributed by atoms with E-state index in [0.29, 0.717) is 6.54 Å². The molecule has 0 aliphatic heterocycles. The molecule has 0 spiro atoms. The molecule has 0 amide bonds. The van der Waals surface area contributed by atoms with Crippen molar-refractivity contribution < 1.29 is 4.42 Å². The van der Waals surface area contributed by atoms with Crippen molar-refractivity contribution in [2.24, 2.45) is 0 Å². The lowest BCUT2D eigenvalue weighted by molar-refractivity contribution is 0.517. The van der Waals surface area contributed by atoms with E-state index < -0.39 is 0 Å². The third-order valence-electron chi connectivity index (χ3n) is 2.34. The number of aromatic nitrogens is 3. The van der Waals surface area contributed by atoms with E-state index in [4.69, 9.17) is 4.42 Å². The number of hydrogen-bond donors (Lipinski definition) is 1. The van der Waals surface area contributed by atoms with Gasteiger partial charge < -0.3 is 9.73 Å². The number of hydrogen-bond acceptors (Lipinski definition) is 4. The lowest BCUT2D eigenvalue weighted by Gasteiger charge is -2.03. The van der Waals surface area contributed by atoms with Gasteiger partial charge in [0.2, 0.25) is 0 Å². The Hall–Kier alpha value is -1.57. The molecular weight excluding hydrogens is 331 g/mol. The van der Waals surface area contributed by atoms with E-state index >= 15 is 0 Å². The summed E-state index contributed by atoms with van der Waals surface area (Å²) in [5, 5.41) is 7.63. The minimum Gasteiger partial charge on any atom is -0.467 e. The van der Waals surface area contributed by atoms with Crippen LogP contribution >= 0.6 is 22.6 Å². The molecule has 3 aromatic rings. The summed E-state index contributed by atoms with van der Waals surface area (Å²) in [5.74, 6) is 1.68. The van der Waals surface area contributed by atoms with Crippen LogP contribution in [0.25, 0.3) is 5.65 Å². The molecule has 0 atom stereocenters. The van der Waals surface area contributed by atoms with Crippen LogP contribution in [0.2, 0.25) is 0 Å². The smallest absolute Gasteiger partial charge is 0.154 e. The van der Waals surface area contributed by atoms with E-state index in [1.54, 1.807) is 17.0 Å². The van der Waals surface area contributed by atoms with E-state index in [0.717, 1.165) is 20.9 Å². The van der Waals surface area contributed by atoms with Gasteiger partial charge in [0.05, 0.1) is 19.0 Å². The predicted octanol–water partition coefficient (Wildman–Crippen LogP) is 2.54. The second kappa shape index (κ2) is 4.36. The van der Waals surface area contributed by atoms with Gasteiger partial charge in [0.1, 0.15) is 15.3 Å². The molecule has 3 heterocycles. The van der Waals surface area contributed by atoms with Crippen molar-refractivity contribution in [1.82, 2.24) is 14.6 Å². The van der Waals surface area contributed by atoms with E-state index in [9.17, 15) is 0 Å². The van der Waals surface area contributed by atoms with Gasteiger partial charge in [-0.3, -0.25) is 0 Å². The highest BCUT2D eigenvalue weighted by Gasteiger charge is 2.03. The maximum atomic E-state index is 5.24. The maximum absolute atomic E-state index is 5.24. The summed E-state index contributed by atoms with van der Waals surface area (Å²) in [5.41, 5.74) is 0.845. The molecule has 0 aliphatic rings. The topological polar surface area (TPSA) is 55.4 Å². The second-order valence-corrected chi connectivity index (χ2v) is 4.61. The Morgan fingerprint density at radius 2 is 2.29 bits per heavy atom. The first-order chi connectivity index (χ1) is 8.33. The lowest BCUT2D eigenvalue weighted by atomic mass is 10.4. The third kappa shape index (κ3) is 2.12. The fraction of sp³-hybridized carbons (Fsp3) is 0.0909. The summed E-state index contributed by atoms with van der Waals surface area (Å²) >= 11 is 2.20. The van der Waals surface area contributed by atoms with Crippen molar-refractivity contribution in [3.05, 3.63) is 46.2 Å². The molecular formula is C11H9IN4O. The molecule has 6 heteroatoms. The average Bonchev–Trinajstić information content (AvgIpc) is 2.97. The SMILES string of the molecule is Ic1cnc2ccc(NCc3ccco3)nn12. The zero-order chi connectivity index (χ0) is 11.7. The molecule has 1 N–H and O–H groups in total. The summed E-state index contributed by atoms with van der Waals surface area (Å²) in [6, 6.07) is 7.62. The van der Waals surface area contributed by atoms with Gasteiger partial charge in [-0.25, -0.2) is 9.50 Å². The highest BCUT2D eigenvalue weighted by molar-refractivity contribution is 14.1. The standard InChI is InChI=1S/C11H9IN4O/c12-9-7-14-11-4-3-10(15-16(9)11)13-6-8-2-1-5-17-8/h1-5,7H,6H2,(H,13,15). The van der Waals surface area contributed by atoms with Crippen LogP contribution < -0.4 is 5.32 Å². The van der Waals surface area contributed by atoms with Crippen LogP contribution in [0.4, 0.5) is 5.82 Å². The molecule has 3 aromatic heterocycles. The van der Waals surface area contributed by atoms with Crippen LogP contribution in [0.1, 0.15) is 5.76 Å². The number of rotatable bonds is 3. The highest BCUT2D eigenvalue weighted by Crippen LogP contribution is 2.11. The van der Waals surface area contributed by atoms with Gasteiger partial charge in [-0.2, -0.15) is 0 Å². The zero-order valence-electron chi connectivity index (χ0n) is 8.80. The normalized spacial score (nSPS) is 10.9. The van der Waals surface area contributed by atoms with Gasteiger partial charge in [-0.15, -0.1) is 5.10 Å². The Bertz CT molecular complexity index is 632. The molecule has 86 valence electrons. The zero-order valence-corrected chi connectivity index (χ0v) is 11.0. The fourth-order valence-electron chi connectivity index (χ4n) is 1.53. The Morgan fingerprint density at radius 1 is 1.35 bits per heavy atom. The molecule has 0 aliphatic carbocycles. The largest absolute Gasteiger partial charge is 0.467 e. The number of furan rings is 1. The number of nitrogens with zero attached hydrogens (tertiary/aromatic N) is 3. The van der Waals surface area contributed by atoms with E-state index in [1.165, 1.54) is 0 Å². The number of fused-ring (bicyclic) bond motifs is 1. The molecule has 0 radical (unpaired) electrons. The molecule has 5 nitrogen and oxygen atoms in total. The average molecular weight is 340 g/mol. The molecule has 0 bridgehead atoms. The summed E-state index contributed by atoms with van der Waals surface area (Å²) in [6.07, 6.45) is 3.45. The van der Waals surface area contributed by atoms with Crippen LogP contribution in [0.3, 0.4) is 0 Å². The van der Waals surface area contributed by atoms with Crippen LogP contribution in [-0.4, -0.2) is 14.6 Å². The third-order valence-corrected chi connectivity index (χ3v) is 3.08. The Kier molecular flexibility index (Phi) is 2.71. The number of halogens is 1. The molecule has 3 rings (SSSR count). The first-order valence-corrected chi connectivity index (χ1v) is 6.17. The van der Waals surface area contributed by atoms with Gasteiger partial charge >= 0.3 is 0 Å². The summed E-state index contributed by atoms with van der Waals surface area (Å²) in [7, 11) is 0. The molecule has 17 heavy (non-hydrogen) atoms. The molecule has 0 fully saturated rings. The van der Waals surface area contributed by atoms with Gasteiger partial charge in [0.15, 0.2) is 5.65 Å². The maximum Gasteiger partial charge on any atom is 0.154 e. The fourth-order valence-corrected chi connectivity index (χ4v) is 2.02. The molecule has 0 saturated carbocycles. The van der Waals surface area contributed by atoms with E-state index in [2.05, 4.69) is 38.0 Å². The Balaban J connectivity index is 1.83. The van der Waals surface area contributed by atoms with Crippen molar-refractivity contribution in [2.45, 2.75) is 6.54 Å². The monoisotopic (exact) mass is 340 g/mol. The number of anilines is 1. The summed E-state index contributed by atoms with van der Waals surface area (Å²) < 4.78 is 8.02. The first kappa shape index (κ1) is 10.6. The second-order valence-electron chi connectivity index (χ2n) is 3.50. The van der Waals surface area contributed by atoms with Crippen molar-refractivity contribution in [1.29, 1.82) is 0 Å². The summed E-state index contributed by atoms with van der Waals surface area (Å²) in [4.78, 5) is 4.22. The van der Waals surface area contributed by atoms with Crippen molar-refractivity contribution >= 4 is 34.1 Å². The van der Waals surface area contributed by atoms with Gasteiger partial charge in [-0.1, -0.05) is 0 Å². The Morgan fingerprint density at radius 3 is 3.12 bits per heavy atom. The number of nitrogens with one attached hydrogen (secondary N) is 1. The summed E-state index contributed by atoms with van der Waals surface area (Å²) in [6.45, 7) is 0.622. The van der Waals surface area contributed by atoms with Gasteiger partial charge in [-0.05, 0) is 46.9 Å². The minimum atomic E-state index is 0.622. The predicted molar refractivity (Wildman–Crippen MR) is 71.7 cm³/mol. The van der Waals surface area contributed by atoms with Crippen molar-refractivity contribution in [3.8, 4) is 0 Å². The van der Waals surface area contributed by atoms with Crippen molar-refractivity contribution in [2.75, 3.05) is 5.32 Å². The van der Waals surface area contributed by atoms with Crippen LogP contribution in [-0.2, 0) is 6.54 Å². The molecule has 0 saturated heterocycles. The molecule has 0 aromatic carbocycles.